The van der Waals surface area contributed by atoms with Gasteiger partial charge in [0, 0.05) is 12.5 Å². The summed E-state index contributed by atoms with van der Waals surface area (Å²) in [6.45, 7) is 0. The van der Waals surface area contributed by atoms with Crippen LogP contribution in [0.4, 0.5) is 4.79 Å². The minimum Gasteiger partial charge on any atom is -0.451 e. The molecule has 0 unspecified atom stereocenters. The summed E-state index contributed by atoms with van der Waals surface area (Å²) in [6.07, 6.45) is 1.94. The van der Waals surface area contributed by atoms with Crippen molar-refractivity contribution in [2.75, 3.05) is 19.6 Å². The number of hydrogen-bond donors (Lipinski definition) is 0. The van der Waals surface area contributed by atoms with Gasteiger partial charge in [-0.25, -0.2) is 9.00 Å². The highest BCUT2D eigenvalue weighted by Crippen LogP contribution is 1.86. The standard InChI is InChI=1S/C4H9NO3S/c1-8-4(6)5-9(2,3)7/h1-3H3. The predicted octanol–water partition coefficient (Wildman–Crippen LogP) is 0.480. The zero-order valence-electron chi connectivity index (χ0n) is 5.58. The largest absolute Gasteiger partial charge is 0.451 e. The molecule has 0 aliphatic rings. The summed E-state index contributed by atoms with van der Waals surface area (Å²) >= 11 is 0. The molecule has 0 aliphatic carbocycles. The summed E-state index contributed by atoms with van der Waals surface area (Å²) in [6, 6.07) is 0. The maximum Gasteiger partial charge on any atom is 0.441 e. The number of rotatable bonds is 0. The molecule has 0 aromatic heterocycles. The highest BCUT2D eigenvalue weighted by molar-refractivity contribution is 7.92. The molecule has 54 valence electrons. The maximum absolute atomic E-state index is 10.7. The van der Waals surface area contributed by atoms with Crippen molar-refractivity contribution in [1.29, 1.82) is 0 Å². The number of amides is 1. The van der Waals surface area contributed by atoms with Gasteiger partial charge in [-0.1, -0.05) is 0 Å². The first-order chi connectivity index (χ1) is 3.95. The van der Waals surface area contributed by atoms with Crippen LogP contribution in [0.1, 0.15) is 0 Å². The van der Waals surface area contributed by atoms with Gasteiger partial charge in [0.1, 0.15) is 0 Å². The van der Waals surface area contributed by atoms with Gasteiger partial charge >= 0.3 is 6.09 Å². The van der Waals surface area contributed by atoms with Crippen molar-refractivity contribution in [2.24, 2.45) is 4.36 Å². The van der Waals surface area contributed by atoms with Crippen LogP contribution in [0.25, 0.3) is 0 Å². The lowest BCUT2D eigenvalue weighted by Gasteiger charge is -1.91. The third-order valence-electron chi connectivity index (χ3n) is 0.469. The second kappa shape index (κ2) is 2.82. The molecule has 0 aliphatic heterocycles. The van der Waals surface area contributed by atoms with E-state index < -0.39 is 15.8 Å². The van der Waals surface area contributed by atoms with Gasteiger partial charge in [-0.15, -0.1) is 4.36 Å². The smallest absolute Gasteiger partial charge is 0.441 e. The molecule has 0 N–H and O–H groups in total. The summed E-state index contributed by atoms with van der Waals surface area (Å²) in [4.78, 5) is 10.3. The zero-order chi connectivity index (χ0) is 7.49. The van der Waals surface area contributed by atoms with Crippen molar-refractivity contribution in [1.82, 2.24) is 0 Å². The van der Waals surface area contributed by atoms with E-state index in [4.69, 9.17) is 0 Å². The van der Waals surface area contributed by atoms with Gasteiger partial charge < -0.3 is 4.74 Å². The first-order valence-electron chi connectivity index (χ1n) is 2.21. The SMILES string of the molecule is COC(=O)N=S(C)(C)=O. The Bertz CT molecular complexity index is 206. The molecular weight excluding hydrogens is 142 g/mol. The number of nitrogens with zero attached hydrogens (tertiary/aromatic N) is 1. The Hall–Kier alpha value is -0.580. The van der Waals surface area contributed by atoms with E-state index in [9.17, 15) is 9.00 Å². The van der Waals surface area contributed by atoms with Crippen molar-refractivity contribution in [3.63, 3.8) is 0 Å². The number of carbonyl (C=O) groups excluding carboxylic acids is 1. The van der Waals surface area contributed by atoms with Crippen LogP contribution in [0.2, 0.25) is 0 Å². The molecule has 0 fully saturated rings. The molecule has 9 heavy (non-hydrogen) atoms. The van der Waals surface area contributed by atoms with E-state index in [0.29, 0.717) is 0 Å². The molecule has 1 amide bonds. The Kier molecular flexibility index (Phi) is 2.64. The molecule has 4 nitrogen and oxygen atoms in total. The maximum atomic E-state index is 10.7. The summed E-state index contributed by atoms with van der Waals surface area (Å²) < 4.78 is 18.0. The van der Waals surface area contributed by atoms with Crippen LogP contribution < -0.4 is 0 Å². The highest BCUT2D eigenvalue weighted by atomic mass is 32.2. The topological polar surface area (TPSA) is 55.7 Å². The molecule has 0 spiro atoms. The Balaban J connectivity index is 4.33. The van der Waals surface area contributed by atoms with E-state index in [2.05, 4.69) is 9.10 Å². The molecule has 0 saturated carbocycles. The van der Waals surface area contributed by atoms with E-state index in [0.717, 1.165) is 0 Å². The average molecular weight is 151 g/mol. The number of hydrogen-bond acceptors (Lipinski definition) is 3. The minimum atomic E-state index is -2.34. The van der Waals surface area contributed by atoms with E-state index in [1.807, 2.05) is 0 Å². The number of ether oxygens (including phenoxy) is 1. The zero-order valence-corrected chi connectivity index (χ0v) is 6.40. The lowest BCUT2D eigenvalue weighted by Crippen LogP contribution is -1.99. The lowest BCUT2D eigenvalue weighted by molar-refractivity contribution is 0.183. The molecule has 0 rings (SSSR count). The van der Waals surface area contributed by atoms with Gasteiger partial charge in [0.25, 0.3) is 0 Å². The molecule has 0 saturated heterocycles. The third kappa shape index (κ3) is 5.29. The fraction of sp³-hybridized carbons (Fsp3) is 0.750. The van der Waals surface area contributed by atoms with Crippen LogP contribution in [0.3, 0.4) is 0 Å². The Labute approximate surface area is 54.4 Å². The monoisotopic (exact) mass is 151 g/mol. The van der Waals surface area contributed by atoms with Gasteiger partial charge in [-0.2, -0.15) is 0 Å². The fourth-order valence-electron chi connectivity index (χ4n) is 0.217. The van der Waals surface area contributed by atoms with E-state index in [1.165, 1.54) is 19.6 Å². The van der Waals surface area contributed by atoms with Crippen molar-refractivity contribution < 1.29 is 13.7 Å². The first-order valence-corrected chi connectivity index (χ1v) is 4.54. The van der Waals surface area contributed by atoms with E-state index >= 15 is 0 Å². The minimum absolute atomic E-state index is 0.787. The number of carbonyl (C=O) groups is 1. The van der Waals surface area contributed by atoms with Crippen LogP contribution in [-0.4, -0.2) is 29.9 Å². The molecular formula is C4H9NO3S. The van der Waals surface area contributed by atoms with Gasteiger partial charge in [0.15, 0.2) is 0 Å². The van der Waals surface area contributed by atoms with Gasteiger partial charge in [0.05, 0.1) is 16.8 Å². The van der Waals surface area contributed by atoms with Gasteiger partial charge in [-0.05, 0) is 0 Å². The molecule has 0 bridgehead atoms. The van der Waals surface area contributed by atoms with Crippen LogP contribution in [0, 0.1) is 0 Å². The van der Waals surface area contributed by atoms with Gasteiger partial charge in [-0.3, -0.25) is 0 Å². The summed E-state index contributed by atoms with van der Waals surface area (Å²) in [7, 11) is -1.14. The van der Waals surface area contributed by atoms with Crippen molar-refractivity contribution in [3.8, 4) is 0 Å². The Morgan fingerprint density at radius 3 is 2.11 bits per heavy atom. The molecule has 0 radical (unpaired) electrons. The molecule has 5 heteroatoms. The quantitative estimate of drug-likeness (QED) is 0.506. The van der Waals surface area contributed by atoms with E-state index in [1.54, 1.807) is 0 Å². The van der Waals surface area contributed by atoms with Crippen molar-refractivity contribution in [2.45, 2.75) is 0 Å². The molecule has 0 aromatic carbocycles. The van der Waals surface area contributed by atoms with Crippen LogP contribution in [0.15, 0.2) is 4.36 Å². The molecule has 0 atom stereocenters. The third-order valence-corrected chi connectivity index (χ3v) is 1.06. The Morgan fingerprint density at radius 2 is 2.00 bits per heavy atom. The summed E-state index contributed by atoms with van der Waals surface area (Å²) in [5.74, 6) is 0. The van der Waals surface area contributed by atoms with Crippen molar-refractivity contribution >= 4 is 15.8 Å². The van der Waals surface area contributed by atoms with Gasteiger partial charge in [0.2, 0.25) is 0 Å². The second-order valence-corrected chi connectivity index (χ2v) is 4.29. The predicted molar refractivity (Wildman–Crippen MR) is 34.8 cm³/mol. The fourth-order valence-corrected chi connectivity index (χ4v) is 0.650. The average Bonchev–Trinajstić information content (AvgIpc) is 1.62. The summed E-state index contributed by atoms with van der Waals surface area (Å²) in [5.41, 5.74) is 0. The van der Waals surface area contributed by atoms with Crippen LogP contribution in [0.5, 0.6) is 0 Å². The number of methoxy groups -OCH3 is 1. The molecule has 0 heterocycles. The highest BCUT2D eigenvalue weighted by Gasteiger charge is 1.97. The van der Waals surface area contributed by atoms with Crippen LogP contribution in [-0.2, 0) is 14.5 Å². The van der Waals surface area contributed by atoms with E-state index in [-0.39, 0.29) is 0 Å². The lowest BCUT2D eigenvalue weighted by atomic mass is 11.2. The normalized spacial score (nSPS) is 10.6. The second-order valence-electron chi connectivity index (χ2n) is 1.74. The van der Waals surface area contributed by atoms with Crippen molar-refractivity contribution in [3.05, 3.63) is 0 Å². The first kappa shape index (κ1) is 8.42. The molecule has 0 aromatic rings. The van der Waals surface area contributed by atoms with Crippen LogP contribution >= 0.6 is 0 Å². The summed E-state index contributed by atoms with van der Waals surface area (Å²) in [5, 5.41) is 0. The Morgan fingerprint density at radius 1 is 1.56 bits per heavy atom.